The van der Waals surface area contributed by atoms with Crippen LogP contribution in [0.15, 0.2) is 12.1 Å². The van der Waals surface area contributed by atoms with Crippen molar-refractivity contribution in [2.75, 3.05) is 0 Å². The van der Waals surface area contributed by atoms with E-state index in [2.05, 4.69) is 0 Å². The third-order valence-electron chi connectivity index (χ3n) is 1.61. The minimum atomic E-state index is -0.987. The van der Waals surface area contributed by atoms with E-state index in [0.717, 1.165) is 12.1 Å². The summed E-state index contributed by atoms with van der Waals surface area (Å²) < 4.78 is 32.1. The summed E-state index contributed by atoms with van der Waals surface area (Å²) in [4.78, 5) is 11.5. The molecule has 0 spiro atoms. The Bertz CT molecular complexity index is 401. The fourth-order valence-corrected chi connectivity index (χ4v) is 1.61. The van der Waals surface area contributed by atoms with Crippen LogP contribution in [0.4, 0.5) is 8.78 Å². The number of ether oxygens (including phenoxy) is 1. The predicted molar refractivity (Wildman–Crippen MR) is 64.2 cm³/mol. The highest BCUT2D eigenvalue weighted by atomic mass is 127. The summed E-state index contributed by atoms with van der Waals surface area (Å²) in [6, 6.07) is 2.17. The maximum absolute atomic E-state index is 13.4. The molecule has 1 aromatic carbocycles. The van der Waals surface area contributed by atoms with Crippen molar-refractivity contribution in [2.24, 2.45) is 0 Å². The topological polar surface area (TPSA) is 26.3 Å². The SMILES string of the molecule is CC(C)(C)OC(=O)c1c(F)cc(I)cc1F. The Labute approximate surface area is 106 Å². The average molecular weight is 340 g/mol. The summed E-state index contributed by atoms with van der Waals surface area (Å²) in [5.74, 6) is -2.80. The Kier molecular flexibility index (Phi) is 3.88. The van der Waals surface area contributed by atoms with E-state index in [1.54, 1.807) is 43.4 Å². The first-order valence-corrected chi connectivity index (χ1v) is 5.66. The minimum Gasteiger partial charge on any atom is -0.456 e. The van der Waals surface area contributed by atoms with Crippen molar-refractivity contribution < 1.29 is 18.3 Å². The zero-order valence-electron chi connectivity index (χ0n) is 9.11. The molecular weight excluding hydrogens is 329 g/mol. The van der Waals surface area contributed by atoms with Crippen LogP contribution < -0.4 is 0 Å². The van der Waals surface area contributed by atoms with E-state index in [0.29, 0.717) is 3.57 Å². The van der Waals surface area contributed by atoms with Crippen molar-refractivity contribution in [3.63, 3.8) is 0 Å². The van der Waals surface area contributed by atoms with Gasteiger partial charge in [0.05, 0.1) is 0 Å². The second-order valence-corrected chi connectivity index (χ2v) is 5.49. The van der Waals surface area contributed by atoms with E-state index in [1.165, 1.54) is 0 Å². The molecule has 0 aromatic heterocycles. The zero-order valence-corrected chi connectivity index (χ0v) is 11.3. The Balaban J connectivity index is 3.10. The first kappa shape index (κ1) is 13.3. The first-order chi connectivity index (χ1) is 7.20. The van der Waals surface area contributed by atoms with E-state index < -0.39 is 28.8 Å². The molecule has 0 unspecified atom stereocenters. The Hall–Kier alpha value is -0.720. The van der Waals surface area contributed by atoms with Crippen LogP contribution in [-0.2, 0) is 4.74 Å². The van der Waals surface area contributed by atoms with Gasteiger partial charge in [0.15, 0.2) is 0 Å². The van der Waals surface area contributed by atoms with Gasteiger partial charge >= 0.3 is 5.97 Å². The summed E-state index contributed by atoms with van der Waals surface area (Å²) in [6.45, 7) is 4.90. The van der Waals surface area contributed by atoms with Crippen LogP contribution in [0.3, 0.4) is 0 Å². The molecule has 88 valence electrons. The standard InChI is InChI=1S/C11H11F2IO2/c1-11(2,3)16-10(15)9-7(12)4-6(14)5-8(9)13/h4-5H,1-3H3. The molecule has 5 heteroatoms. The molecule has 0 N–H and O–H groups in total. The van der Waals surface area contributed by atoms with E-state index in [4.69, 9.17) is 4.74 Å². The third-order valence-corrected chi connectivity index (χ3v) is 2.23. The fourth-order valence-electron chi connectivity index (χ4n) is 1.07. The van der Waals surface area contributed by atoms with Gasteiger partial charge in [-0.15, -0.1) is 0 Å². The molecule has 0 bridgehead atoms. The molecular formula is C11H11F2IO2. The average Bonchev–Trinajstić information content (AvgIpc) is 1.96. The number of hydrogen-bond donors (Lipinski definition) is 0. The van der Waals surface area contributed by atoms with Gasteiger partial charge in [-0.05, 0) is 55.5 Å². The molecule has 1 aromatic rings. The molecule has 0 saturated carbocycles. The van der Waals surface area contributed by atoms with Gasteiger partial charge in [-0.2, -0.15) is 0 Å². The van der Waals surface area contributed by atoms with Gasteiger partial charge in [0.2, 0.25) is 0 Å². The van der Waals surface area contributed by atoms with Crippen LogP contribution in [0.1, 0.15) is 31.1 Å². The highest BCUT2D eigenvalue weighted by Gasteiger charge is 2.24. The van der Waals surface area contributed by atoms with E-state index >= 15 is 0 Å². The molecule has 0 aliphatic carbocycles. The van der Waals surface area contributed by atoms with Crippen molar-refractivity contribution in [3.8, 4) is 0 Å². The quantitative estimate of drug-likeness (QED) is 0.578. The van der Waals surface area contributed by atoms with Crippen molar-refractivity contribution in [1.82, 2.24) is 0 Å². The molecule has 0 fully saturated rings. The van der Waals surface area contributed by atoms with Gasteiger partial charge in [0.25, 0.3) is 0 Å². The smallest absolute Gasteiger partial charge is 0.344 e. The Morgan fingerprint density at radius 3 is 2.06 bits per heavy atom. The van der Waals surface area contributed by atoms with Crippen molar-refractivity contribution >= 4 is 28.6 Å². The van der Waals surface area contributed by atoms with Crippen LogP contribution in [0.2, 0.25) is 0 Å². The summed E-state index contributed by atoms with van der Waals surface area (Å²) in [6.07, 6.45) is 0. The minimum absolute atomic E-state index is 0.389. The van der Waals surface area contributed by atoms with Crippen molar-refractivity contribution in [1.29, 1.82) is 0 Å². The number of hydrogen-bond acceptors (Lipinski definition) is 2. The number of halogens is 3. The van der Waals surface area contributed by atoms with Gasteiger partial charge in [-0.3, -0.25) is 0 Å². The molecule has 0 saturated heterocycles. The monoisotopic (exact) mass is 340 g/mol. The molecule has 0 aliphatic rings. The molecule has 0 radical (unpaired) electrons. The largest absolute Gasteiger partial charge is 0.456 e. The molecule has 16 heavy (non-hydrogen) atoms. The highest BCUT2D eigenvalue weighted by molar-refractivity contribution is 14.1. The lowest BCUT2D eigenvalue weighted by atomic mass is 10.1. The Morgan fingerprint density at radius 2 is 1.69 bits per heavy atom. The zero-order chi connectivity index (χ0) is 12.5. The summed E-state index contributed by atoms with van der Waals surface area (Å²) in [5, 5.41) is 0. The predicted octanol–water partition coefficient (Wildman–Crippen LogP) is 3.52. The number of rotatable bonds is 1. The van der Waals surface area contributed by atoms with Crippen LogP contribution in [-0.4, -0.2) is 11.6 Å². The summed E-state index contributed by atoms with van der Waals surface area (Å²) in [5.41, 5.74) is -1.42. The maximum atomic E-state index is 13.4. The maximum Gasteiger partial charge on any atom is 0.344 e. The lowest BCUT2D eigenvalue weighted by Gasteiger charge is -2.19. The van der Waals surface area contributed by atoms with Crippen LogP contribution in [0.25, 0.3) is 0 Å². The number of benzene rings is 1. The van der Waals surface area contributed by atoms with E-state index in [9.17, 15) is 13.6 Å². The van der Waals surface area contributed by atoms with Gasteiger partial charge in [0.1, 0.15) is 22.8 Å². The molecule has 1 rings (SSSR count). The van der Waals surface area contributed by atoms with Crippen LogP contribution in [0.5, 0.6) is 0 Å². The second-order valence-electron chi connectivity index (χ2n) is 4.25. The number of esters is 1. The lowest BCUT2D eigenvalue weighted by molar-refractivity contribution is 0.00595. The third kappa shape index (κ3) is 3.40. The Morgan fingerprint density at radius 1 is 1.25 bits per heavy atom. The summed E-state index contributed by atoms with van der Waals surface area (Å²) in [7, 11) is 0. The van der Waals surface area contributed by atoms with Gasteiger partial charge in [-0.1, -0.05) is 0 Å². The van der Waals surface area contributed by atoms with Crippen LogP contribution >= 0.6 is 22.6 Å². The molecule has 0 amide bonds. The van der Waals surface area contributed by atoms with Gasteiger partial charge in [0, 0.05) is 3.57 Å². The first-order valence-electron chi connectivity index (χ1n) is 4.58. The second kappa shape index (κ2) is 4.65. The molecule has 0 heterocycles. The number of carbonyl (C=O) groups excluding carboxylic acids is 1. The van der Waals surface area contributed by atoms with Crippen molar-refractivity contribution in [2.45, 2.75) is 26.4 Å². The van der Waals surface area contributed by atoms with E-state index in [1.807, 2.05) is 0 Å². The van der Waals surface area contributed by atoms with Crippen LogP contribution in [0, 0.1) is 15.2 Å². The van der Waals surface area contributed by atoms with E-state index in [-0.39, 0.29) is 0 Å². The lowest BCUT2D eigenvalue weighted by Crippen LogP contribution is -2.25. The fraction of sp³-hybridized carbons (Fsp3) is 0.364. The van der Waals surface area contributed by atoms with Gasteiger partial charge in [-0.25, -0.2) is 13.6 Å². The highest BCUT2D eigenvalue weighted by Crippen LogP contribution is 2.20. The number of carbonyl (C=O) groups is 1. The van der Waals surface area contributed by atoms with Crippen molar-refractivity contribution in [3.05, 3.63) is 32.9 Å². The molecule has 2 nitrogen and oxygen atoms in total. The summed E-state index contributed by atoms with van der Waals surface area (Å²) >= 11 is 1.77. The molecule has 0 aliphatic heterocycles. The molecule has 0 atom stereocenters. The van der Waals surface area contributed by atoms with Gasteiger partial charge < -0.3 is 4.74 Å². The normalized spacial score (nSPS) is 11.4.